The van der Waals surface area contributed by atoms with Crippen molar-refractivity contribution in [2.75, 3.05) is 6.54 Å². The Balaban J connectivity index is 1.94. The first-order chi connectivity index (χ1) is 10.0. The van der Waals surface area contributed by atoms with Crippen molar-refractivity contribution in [3.05, 3.63) is 45.8 Å². The highest BCUT2D eigenvalue weighted by molar-refractivity contribution is 9.10. The third-order valence-corrected chi connectivity index (χ3v) is 3.72. The fourth-order valence-corrected chi connectivity index (χ4v) is 2.30. The highest BCUT2D eigenvalue weighted by Crippen LogP contribution is 2.23. The van der Waals surface area contributed by atoms with Gasteiger partial charge in [0.05, 0.1) is 5.69 Å². The lowest BCUT2D eigenvalue weighted by atomic mass is 10.2. The van der Waals surface area contributed by atoms with E-state index in [-0.39, 0.29) is 0 Å². The Labute approximate surface area is 134 Å². The second-order valence-electron chi connectivity index (χ2n) is 5.50. The van der Waals surface area contributed by atoms with E-state index in [2.05, 4.69) is 40.3 Å². The molecule has 0 saturated carbocycles. The molecular weight excluding hydrogens is 332 g/mol. The second kappa shape index (κ2) is 7.61. The average molecular weight is 353 g/mol. The number of nitrogens with zero attached hydrogens (tertiary/aromatic N) is 1. The van der Waals surface area contributed by atoms with Crippen LogP contribution in [0.15, 0.2) is 33.3 Å². The van der Waals surface area contributed by atoms with Crippen LogP contribution in [0.3, 0.4) is 0 Å². The minimum atomic E-state index is 0.390. The number of rotatable bonds is 7. The monoisotopic (exact) mass is 352 g/mol. The summed E-state index contributed by atoms with van der Waals surface area (Å²) in [5.41, 5.74) is 2.05. The van der Waals surface area contributed by atoms with Gasteiger partial charge in [-0.2, -0.15) is 0 Å². The van der Waals surface area contributed by atoms with Crippen LogP contribution in [0.2, 0.25) is 0 Å². The van der Waals surface area contributed by atoms with Crippen LogP contribution in [0.1, 0.15) is 30.9 Å². The van der Waals surface area contributed by atoms with E-state index in [0.717, 1.165) is 34.8 Å². The van der Waals surface area contributed by atoms with Crippen LogP contribution in [0.4, 0.5) is 0 Å². The number of hydrogen-bond donors (Lipinski definition) is 1. The summed E-state index contributed by atoms with van der Waals surface area (Å²) in [6.45, 7) is 8.49. The molecule has 5 heteroatoms. The number of nitrogens with one attached hydrogen (secondary N) is 1. The van der Waals surface area contributed by atoms with Crippen LogP contribution >= 0.6 is 15.9 Å². The molecule has 114 valence electrons. The summed E-state index contributed by atoms with van der Waals surface area (Å²) >= 11 is 3.57. The van der Waals surface area contributed by atoms with Gasteiger partial charge >= 0.3 is 0 Å². The molecule has 2 rings (SSSR count). The quantitative estimate of drug-likeness (QED) is 0.815. The molecule has 0 amide bonds. The summed E-state index contributed by atoms with van der Waals surface area (Å²) in [7, 11) is 0. The van der Waals surface area contributed by atoms with E-state index in [1.807, 2.05) is 31.2 Å². The summed E-state index contributed by atoms with van der Waals surface area (Å²) < 4.78 is 12.0. The molecule has 0 unspecified atom stereocenters. The topological polar surface area (TPSA) is 47.3 Å². The molecule has 0 aliphatic heterocycles. The van der Waals surface area contributed by atoms with Gasteiger partial charge in [0.25, 0.3) is 0 Å². The van der Waals surface area contributed by atoms with Crippen molar-refractivity contribution in [3.8, 4) is 5.75 Å². The van der Waals surface area contributed by atoms with Gasteiger partial charge in [0, 0.05) is 17.1 Å². The second-order valence-corrected chi connectivity index (χ2v) is 6.36. The van der Waals surface area contributed by atoms with E-state index >= 15 is 0 Å². The number of benzene rings is 1. The number of aromatic nitrogens is 1. The Morgan fingerprint density at radius 3 is 2.81 bits per heavy atom. The maximum absolute atomic E-state index is 5.75. The van der Waals surface area contributed by atoms with Crippen molar-refractivity contribution in [1.82, 2.24) is 10.5 Å². The number of hydrogen-bond acceptors (Lipinski definition) is 4. The molecule has 0 radical (unpaired) electrons. The summed E-state index contributed by atoms with van der Waals surface area (Å²) in [5, 5.41) is 7.28. The van der Waals surface area contributed by atoms with Gasteiger partial charge in [-0.05, 0) is 43.1 Å². The van der Waals surface area contributed by atoms with Gasteiger partial charge in [-0.25, -0.2) is 0 Å². The summed E-state index contributed by atoms with van der Waals surface area (Å²) in [6, 6.07) is 7.87. The van der Waals surface area contributed by atoms with E-state index in [0.29, 0.717) is 12.5 Å². The molecule has 0 atom stereocenters. The molecule has 0 bridgehead atoms. The number of ether oxygens (including phenoxy) is 1. The fraction of sp³-hybridized carbons (Fsp3) is 0.438. The molecule has 21 heavy (non-hydrogen) atoms. The molecule has 0 aliphatic carbocycles. The molecule has 1 N–H and O–H groups in total. The Bertz CT molecular complexity index is 581. The van der Waals surface area contributed by atoms with Gasteiger partial charge < -0.3 is 14.6 Å². The van der Waals surface area contributed by atoms with Crippen LogP contribution < -0.4 is 10.1 Å². The largest absolute Gasteiger partial charge is 0.486 e. The Morgan fingerprint density at radius 2 is 2.14 bits per heavy atom. The third kappa shape index (κ3) is 5.17. The van der Waals surface area contributed by atoms with Crippen LogP contribution in [-0.2, 0) is 13.2 Å². The molecule has 2 aromatic rings. The van der Waals surface area contributed by atoms with Crippen molar-refractivity contribution in [2.24, 2.45) is 5.92 Å². The lowest BCUT2D eigenvalue weighted by molar-refractivity contribution is 0.248. The average Bonchev–Trinajstić information content (AvgIpc) is 2.85. The Hall–Kier alpha value is -1.33. The molecular formula is C16H21BrN2O2. The zero-order valence-corrected chi connectivity index (χ0v) is 14.2. The van der Waals surface area contributed by atoms with Gasteiger partial charge in [0.1, 0.15) is 12.4 Å². The first kappa shape index (κ1) is 16.0. The van der Waals surface area contributed by atoms with Gasteiger partial charge in [-0.15, -0.1) is 0 Å². The summed E-state index contributed by atoms with van der Waals surface area (Å²) in [5.74, 6) is 2.20. The first-order valence-electron chi connectivity index (χ1n) is 7.08. The van der Waals surface area contributed by atoms with Crippen LogP contribution in [0, 0.1) is 12.8 Å². The molecule has 0 spiro atoms. The van der Waals surface area contributed by atoms with E-state index in [1.165, 1.54) is 5.56 Å². The SMILES string of the molecule is Cc1cc(COc2ccc(Br)c(CNCC(C)C)c2)on1. The van der Waals surface area contributed by atoms with Crippen molar-refractivity contribution in [1.29, 1.82) is 0 Å². The molecule has 0 aliphatic rings. The zero-order chi connectivity index (χ0) is 15.2. The van der Waals surface area contributed by atoms with Crippen molar-refractivity contribution < 1.29 is 9.26 Å². The predicted molar refractivity (Wildman–Crippen MR) is 86.3 cm³/mol. The first-order valence-corrected chi connectivity index (χ1v) is 7.88. The smallest absolute Gasteiger partial charge is 0.174 e. The van der Waals surface area contributed by atoms with E-state index < -0.39 is 0 Å². The fourth-order valence-electron chi connectivity index (χ4n) is 1.91. The van der Waals surface area contributed by atoms with Gasteiger partial charge in [-0.1, -0.05) is 34.9 Å². The van der Waals surface area contributed by atoms with Crippen LogP contribution in [0.5, 0.6) is 5.75 Å². The van der Waals surface area contributed by atoms with Crippen LogP contribution in [-0.4, -0.2) is 11.7 Å². The maximum atomic E-state index is 5.75. The lowest BCUT2D eigenvalue weighted by Crippen LogP contribution is -2.19. The normalized spacial score (nSPS) is 11.1. The highest BCUT2D eigenvalue weighted by Gasteiger charge is 2.05. The predicted octanol–water partition coefficient (Wildman–Crippen LogP) is 4.07. The molecule has 4 nitrogen and oxygen atoms in total. The van der Waals surface area contributed by atoms with Crippen molar-refractivity contribution >= 4 is 15.9 Å². The van der Waals surface area contributed by atoms with Crippen molar-refractivity contribution in [3.63, 3.8) is 0 Å². The van der Waals surface area contributed by atoms with E-state index in [4.69, 9.17) is 9.26 Å². The summed E-state index contributed by atoms with van der Waals surface area (Å²) in [6.07, 6.45) is 0. The molecule has 0 saturated heterocycles. The van der Waals surface area contributed by atoms with Gasteiger partial charge in [0.15, 0.2) is 5.76 Å². The standard InChI is InChI=1S/C16H21BrN2O2/c1-11(2)8-18-9-13-7-14(4-5-16(13)17)20-10-15-6-12(3)19-21-15/h4-7,11,18H,8-10H2,1-3H3. The van der Waals surface area contributed by atoms with Crippen LogP contribution in [0.25, 0.3) is 0 Å². The highest BCUT2D eigenvalue weighted by atomic mass is 79.9. The third-order valence-electron chi connectivity index (χ3n) is 2.94. The van der Waals surface area contributed by atoms with Gasteiger partial charge in [-0.3, -0.25) is 0 Å². The molecule has 1 aromatic heterocycles. The van der Waals surface area contributed by atoms with E-state index in [1.54, 1.807) is 0 Å². The minimum absolute atomic E-state index is 0.390. The molecule has 1 aromatic carbocycles. The van der Waals surface area contributed by atoms with E-state index in [9.17, 15) is 0 Å². The molecule has 1 heterocycles. The summed E-state index contributed by atoms with van der Waals surface area (Å²) in [4.78, 5) is 0. The molecule has 0 fully saturated rings. The number of aryl methyl sites for hydroxylation is 1. The zero-order valence-electron chi connectivity index (χ0n) is 12.6. The maximum Gasteiger partial charge on any atom is 0.174 e. The number of halogens is 1. The Kier molecular flexibility index (Phi) is 5.82. The Morgan fingerprint density at radius 1 is 1.33 bits per heavy atom. The van der Waals surface area contributed by atoms with Gasteiger partial charge in [0.2, 0.25) is 0 Å². The lowest BCUT2D eigenvalue weighted by Gasteiger charge is -2.11. The minimum Gasteiger partial charge on any atom is -0.486 e. The van der Waals surface area contributed by atoms with Crippen molar-refractivity contribution in [2.45, 2.75) is 33.9 Å².